The summed E-state index contributed by atoms with van der Waals surface area (Å²) in [5.41, 5.74) is 0. The van der Waals surface area contributed by atoms with Gasteiger partial charge in [0.25, 0.3) is 0 Å². The molecule has 0 bridgehead atoms. The SMILES string of the molecule is CC.CCOC1CCCCO1. The first kappa shape index (κ1) is 10.9. The van der Waals surface area contributed by atoms with Gasteiger partial charge in [-0.05, 0) is 26.2 Å². The molecule has 1 rings (SSSR count). The minimum Gasteiger partial charge on any atom is -0.353 e. The van der Waals surface area contributed by atoms with Crippen molar-refractivity contribution in [2.75, 3.05) is 13.2 Å². The minimum atomic E-state index is 0.101. The fourth-order valence-corrected chi connectivity index (χ4v) is 1.03. The second-order valence-electron chi connectivity index (χ2n) is 2.25. The molecule has 0 aromatic heterocycles. The first-order valence-electron chi connectivity index (χ1n) is 4.66. The standard InChI is InChI=1S/C7H14O2.C2H6/c1-2-8-7-5-3-4-6-9-7;1-2/h7H,2-6H2,1H3;1-2H3. The lowest BCUT2D eigenvalue weighted by atomic mass is 10.2. The van der Waals surface area contributed by atoms with Gasteiger partial charge in [-0.1, -0.05) is 13.8 Å². The van der Waals surface area contributed by atoms with Crippen molar-refractivity contribution in [1.29, 1.82) is 0 Å². The van der Waals surface area contributed by atoms with E-state index in [-0.39, 0.29) is 6.29 Å². The topological polar surface area (TPSA) is 18.5 Å². The Balaban J connectivity index is 0.000000461. The van der Waals surface area contributed by atoms with Crippen LogP contribution in [0.5, 0.6) is 0 Å². The summed E-state index contributed by atoms with van der Waals surface area (Å²) in [7, 11) is 0. The highest BCUT2D eigenvalue weighted by molar-refractivity contribution is 4.52. The van der Waals surface area contributed by atoms with Crippen molar-refractivity contribution < 1.29 is 9.47 Å². The minimum absolute atomic E-state index is 0.101. The number of rotatable bonds is 2. The van der Waals surface area contributed by atoms with Gasteiger partial charge in [0.2, 0.25) is 0 Å². The molecule has 0 aliphatic carbocycles. The van der Waals surface area contributed by atoms with Gasteiger partial charge in [0.1, 0.15) is 0 Å². The highest BCUT2D eigenvalue weighted by Crippen LogP contribution is 2.12. The van der Waals surface area contributed by atoms with Gasteiger partial charge in [0.05, 0.1) is 0 Å². The zero-order valence-electron chi connectivity index (χ0n) is 7.93. The van der Waals surface area contributed by atoms with Crippen LogP contribution in [0.1, 0.15) is 40.0 Å². The fraction of sp³-hybridized carbons (Fsp3) is 1.00. The summed E-state index contributed by atoms with van der Waals surface area (Å²) in [6, 6.07) is 0. The Morgan fingerprint density at radius 1 is 1.36 bits per heavy atom. The first-order valence-corrected chi connectivity index (χ1v) is 4.66. The molecule has 0 aromatic carbocycles. The summed E-state index contributed by atoms with van der Waals surface area (Å²) < 4.78 is 10.6. The van der Waals surface area contributed by atoms with Crippen LogP contribution in [0.4, 0.5) is 0 Å². The lowest BCUT2D eigenvalue weighted by Crippen LogP contribution is -2.21. The second kappa shape index (κ2) is 8.02. The molecular formula is C9H20O2. The van der Waals surface area contributed by atoms with Crippen molar-refractivity contribution >= 4 is 0 Å². The second-order valence-corrected chi connectivity index (χ2v) is 2.25. The zero-order valence-corrected chi connectivity index (χ0v) is 7.93. The van der Waals surface area contributed by atoms with Crippen LogP contribution in [-0.2, 0) is 9.47 Å². The maximum atomic E-state index is 5.30. The molecule has 1 fully saturated rings. The monoisotopic (exact) mass is 160 g/mol. The molecule has 11 heavy (non-hydrogen) atoms. The average Bonchev–Trinajstić information content (AvgIpc) is 2.11. The molecule has 0 aromatic rings. The smallest absolute Gasteiger partial charge is 0.157 e. The highest BCUT2D eigenvalue weighted by atomic mass is 16.7. The van der Waals surface area contributed by atoms with E-state index in [2.05, 4.69) is 0 Å². The lowest BCUT2D eigenvalue weighted by Gasteiger charge is -2.21. The summed E-state index contributed by atoms with van der Waals surface area (Å²) in [6.45, 7) is 7.65. The van der Waals surface area contributed by atoms with Crippen LogP contribution in [0.3, 0.4) is 0 Å². The van der Waals surface area contributed by atoms with Crippen molar-refractivity contribution in [2.45, 2.75) is 46.3 Å². The van der Waals surface area contributed by atoms with E-state index in [1.807, 2.05) is 20.8 Å². The Morgan fingerprint density at radius 3 is 2.55 bits per heavy atom. The van der Waals surface area contributed by atoms with Crippen LogP contribution < -0.4 is 0 Å². The van der Waals surface area contributed by atoms with Crippen molar-refractivity contribution in [3.63, 3.8) is 0 Å². The Hall–Kier alpha value is -0.0800. The number of hydrogen-bond donors (Lipinski definition) is 0. The van der Waals surface area contributed by atoms with E-state index in [9.17, 15) is 0 Å². The molecule has 0 amide bonds. The van der Waals surface area contributed by atoms with Gasteiger partial charge in [0, 0.05) is 13.2 Å². The Labute approximate surface area is 69.9 Å². The van der Waals surface area contributed by atoms with Crippen LogP contribution >= 0.6 is 0 Å². The molecule has 2 heteroatoms. The fourth-order valence-electron chi connectivity index (χ4n) is 1.03. The van der Waals surface area contributed by atoms with Crippen LogP contribution in [0.25, 0.3) is 0 Å². The van der Waals surface area contributed by atoms with Crippen LogP contribution in [0.2, 0.25) is 0 Å². The molecular weight excluding hydrogens is 140 g/mol. The van der Waals surface area contributed by atoms with Gasteiger partial charge in [-0.25, -0.2) is 0 Å². The van der Waals surface area contributed by atoms with Gasteiger partial charge >= 0.3 is 0 Å². The average molecular weight is 160 g/mol. The molecule has 1 aliphatic rings. The van der Waals surface area contributed by atoms with E-state index in [1.54, 1.807) is 0 Å². The predicted molar refractivity (Wildman–Crippen MR) is 46.6 cm³/mol. The third-order valence-electron chi connectivity index (χ3n) is 1.49. The van der Waals surface area contributed by atoms with Crippen molar-refractivity contribution in [2.24, 2.45) is 0 Å². The largest absolute Gasteiger partial charge is 0.353 e. The molecule has 68 valence electrons. The molecule has 0 spiro atoms. The molecule has 1 unspecified atom stereocenters. The molecule has 0 N–H and O–H groups in total. The van der Waals surface area contributed by atoms with Crippen LogP contribution in [-0.4, -0.2) is 19.5 Å². The third kappa shape index (κ3) is 5.22. The van der Waals surface area contributed by atoms with Crippen LogP contribution in [0.15, 0.2) is 0 Å². The van der Waals surface area contributed by atoms with E-state index in [4.69, 9.17) is 9.47 Å². The molecule has 0 saturated carbocycles. The molecule has 1 aliphatic heterocycles. The lowest BCUT2D eigenvalue weighted by molar-refractivity contribution is -0.159. The first-order chi connectivity index (χ1) is 5.43. The predicted octanol–water partition coefficient (Wildman–Crippen LogP) is 2.58. The Morgan fingerprint density at radius 2 is 2.09 bits per heavy atom. The van der Waals surface area contributed by atoms with Gasteiger partial charge in [-0.15, -0.1) is 0 Å². The van der Waals surface area contributed by atoms with Gasteiger partial charge in [0.15, 0.2) is 6.29 Å². The summed E-state index contributed by atoms with van der Waals surface area (Å²) in [5.74, 6) is 0. The normalized spacial score (nSPS) is 23.7. The van der Waals surface area contributed by atoms with Crippen molar-refractivity contribution in [3.8, 4) is 0 Å². The molecule has 1 heterocycles. The third-order valence-corrected chi connectivity index (χ3v) is 1.49. The van der Waals surface area contributed by atoms with E-state index in [0.717, 1.165) is 19.6 Å². The summed E-state index contributed by atoms with van der Waals surface area (Å²) >= 11 is 0. The summed E-state index contributed by atoms with van der Waals surface area (Å²) in [6.07, 6.45) is 3.63. The molecule has 2 nitrogen and oxygen atoms in total. The quantitative estimate of drug-likeness (QED) is 0.618. The highest BCUT2D eigenvalue weighted by Gasteiger charge is 2.11. The van der Waals surface area contributed by atoms with Gasteiger partial charge < -0.3 is 9.47 Å². The molecule has 0 radical (unpaired) electrons. The number of ether oxygens (including phenoxy) is 2. The van der Waals surface area contributed by atoms with Gasteiger partial charge in [-0.3, -0.25) is 0 Å². The van der Waals surface area contributed by atoms with Gasteiger partial charge in [-0.2, -0.15) is 0 Å². The Bertz CT molecular complexity index is 65.2. The summed E-state index contributed by atoms with van der Waals surface area (Å²) in [5, 5.41) is 0. The van der Waals surface area contributed by atoms with E-state index in [0.29, 0.717) is 0 Å². The maximum Gasteiger partial charge on any atom is 0.157 e. The van der Waals surface area contributed by atoms with E-state index in [1.165, 1.54) is 12.8 Å². The maximum absolute atomic E-state index is 5.30. The van der Waals surface area contributed by atoms with E-state index >= 15 is 0 Å². The van der Waals surface area contributed by atoms with Crippen molar-refractivity contribution in [1.82, 2.24) is 0 Å². The Kier molecular flexibility index (Phi) is 7.96. The van der Waals surface area contributed by atoms with Crippen LogP contribution in [0, 0.1) is 0 Å². The molecule has 1 atom stereocenters. The molecule has 1 saturated heterocycles. The summed E-state index contributed by atoms with van der Waals surface area (Å²) in [4.78, 5) is 0. The van der Waals surface area contributed by atoms with E-state index < -0.39 is 0 Å². The van der Waals surface area contributed by atoms with Crippen molar-refractivity contribution in [3.05, 3.63) is 0 Å². The number of hydrogen-bond acceptors (Lipinski definition) is 2. The zero-order chi connectivity index (χ0) is 8.53.